The largest absolute Gasteiger partial charge is 0.127 e. The molecule has 0 radical (unpaired) electrons. The topological polar surface area (TPSA) is 0 Å². The molecule has 0 rings (SSSR count). The minimum atomic E-state index is -0.249. The summed E-state index contributed by atoms with van der Waals surface area (Å²) in [4.78, 5) is 0. The molecule has 0 nitrogen and oxygen atoms in total. The van der Waals surface area contributed by atoms with Crippen molar-refractivity contribution in [1.82, 2.24) is 0 Å². The third-order valence-electron chi connectivity index (χ3n) is 1.57. The molecular weight excluding hydrogens is 233 g/mol. The molecule has 0 unspecified atom stereocenters. The molecule has 4 heteroatoms. The molecule has 0 amide bonds. The summed E-state index contributed by atoms with van der Waals surface area (Å²) < 4.78 is 0. The molecule has 0 N–H and O–H groups in total. The summed E-state index contributed by atoms with van der Waals surface area (Å²) in [5.41, 5.74) is 0. The Kier molecular flexibility index (Phi) is 11.5. The minimum Gasteiger partial charge on any atom is -0.127 e. The van der Waals surface area contributed by atoms with Crippen LogP contribution in [0.5, 0.6) is 0 Å². The highest BCUT2D eigenvalue weighted by molar-refractivity contribution is 7.83. The van der Waals surface area contributed by atoms with Gasteiger partial charge in [-0.05, 0) is 45.3 Å². The first-order chi connectivity index (χ1) is 5.81. The fourth-order valence-electron chi connectivity index (χ4n) is 0.868. The molecule has 12 heavy (non-hydrogen) atoms. The fourth-order valence-corrected chi connectivity index (χ4v) is 3.32. The van der Waals surface area contributed by atoms with Gasteiger partial charge in [-0.3, -0.25) is 0 Å². The molecule has 0 aromatic rings. The highest BCUT2D eigenvalue weighted by Gasteiger charge is 2.02. The molecule has 0 atom stereocenters. The molecule has 0 saturated carbocycles. The van der Waals surface area contributed by atoms with Crippen LogP contribution in [0.2, 0.25) is 0 Å². The standard InChI is InChI=1S/C8H16Cl3P/c9-5-1-3-7-12(11)8-4-2-6-10/h1-8H2. The van der Waals surface area contributed by atoms with Gasteiger partial charge in [-0.15, -0.1) is 23.2 Å². The number of hydrogen-bond acceptors (Lipinski definition) is 0. The number of alkyl halides is 2. The normalized spacial score (nSPS) is 11.0. The molecule has 0 spiro atoms. The van der Waals surface area contributed by atoms with E-state index in [2.05, 4.69) is 0 Å². The van der Waals surface area contributed by atoms with Gasteiger partial charge in [0.1, 0.15) is 0 Å². The smallest absolute Gasteiger partial charge is 0.0223 e. The lowest BCUT2D eigenvalue weighted by Crippen LogP contribution is -1.88. The molecule has 0 heterocycles. The van der Waals surface area contributed by atoms with Crippen molar-refractivity contribution >= 4 is 41.7 Å². The lowest BCUT2D eigenvalue weighted by Gasteiger charge is -2.07. The molecule has 74 valence electrons. The van der Waals surface area contributed by atoms with Gasteiger partial charge in [-0.2, -0.15) is 0 Å². The van der Waals surface area contributed by atoms with Crippen molar-refractivity contribution in [3.8, 4) is 0 Å². The maximum atomic E-state index is 6.13. The molecule has 0 fully saturated rings. The van der Waals surface area contributed by atoms with Crippen molar-refractivity contribution in [2.24, 2.45) is 0 Å². The SMILES string of the molecule is ClCCCCP(Cl)CCCCCl. The number of rotatable bonds is 8. The van der Waals surface area contributed by atoms with Crippen LogP contribution >= 0.6 is 41.7 Å². The second kappa shape index (κ2) is 10.4. The molecule has 0 bridgehead atoms. The van der Waals surface area contributed by atoms with Crippen LogP contribution in [-0.4, -0.2) is 24.1 Å². The van der Waals surface area contributed by atoms with Crippen LogP contribution in [0.25, 0.3) is 0 Å². The van der Waals surface area contributed by atoms with Crippen LogP contribution in [0.15, 0.2) is 0 Å². The Hall–Kier alpha value is 1.30. The van der Waals surface area contributed by atoms with Gasteiger partial charge in [-0.25, -0.2) is 0 Å². The van der Waals surface area contributed by atoms with Gasteiger partial charge in [0.25, 0.3) is 0 Å². The van der Waals surface area contributed by atoms with Gasteiger partial charge in [0.05, 0.1) is 0 Å². The number of unbranched alkanes of at least 4 members (excludes halogenated alkanes) is 2. The Morgan fingerprint density at radius 1 is 0.750 bits per heavy atom. The first-order valence-corrected chi connectivity index (χ1v) is 8.02. The van der Waals surface area contributed by atoms with E-state index in [-0.39, 0.29) is 7.27 Å². The van der Waals surface area contributed by atoms with E-state index >= 15 is 0 Å². The van der Waals surface area contributed by atoms with Crippen molar-refractivity contribution in [2.75, 3.05) is 24.1 Å². The zero-order chi connectivity index (χ0) is 9.23. The minimum absolute atomic E-state index is 0.249. The summed E-state index contributed by atoms with van der Waals surface area (Å²) in [6.45, 7) is 0. The lowest BCUT2D eigenvalue weighted by atomic mass is 10.4. The van der Waals surface area contributed by atoms with Crippen LogP contribution in [0.4, 0.5) is 0 Å². The average molecular weight is 250 g/mol. The number of halogens is 3. The van der Waals surface area contributed by atoms with Crippen molar-refractivity contribution < 1.29 is 0 Å². The molecule has 0 aromatic heterocycles. The van der Waals surface area contributed by atoms with Crippen molar-refractivity contribution in [3.63, 3.8) is 0 Å². The van der Waals surface area contributed by atoms with E-state index in [1.54, 1.807) is 0 Å². The lowest BCUT2D eigenvalue weighted by molar-refractivity contribution is 0.879. The maximum Gasteiger partial charge on any atom is 0.0223 e. The predicted molar refractivity (Wildman–Crippen MR) is 62.4 cm³/mol. The van der Waals surface area contributed by atoms with Crippen molar-refractivity contribution in [2.45, 2.75) is 25.7 Å². The second-order valence-electron chi connectivity index (χ2n) is 2.70. The van der Waals surface area contributed by atoms with Crippen molar-refractivity contribution in [3.05, 3.63) is 0 Å². The van der Waals surface area contributed by atoms with E-state index in [0.717, 1.165) is 36.9 Å². The highest BCUT2D eigenvalue weighted by atomic mass is 35.7. The second-order valence-corrected chi connectivity index (χ2v) is 6.71. The quantitative estimate of drug-likeness (QED) is 0.333. The van der Waals surface area contributed by atoms with Gasteiger partial charge >= 0.3 is 0 Å². The predicted octanol–water partition coefficient (Wildman–Crippen LogP) is 4.66. The Balaban J connectivity index is 3.04. The Bertz CT molecular complexity index is 80.4. The molecule has 0 aliphatic heterocycles. The average Bonchev–Trinajstić information content (AvgIpc) is 2.06. The fraction of sp³-hybridized carbons (Fsp3) is 1.00. The summed E-state index contributed by atoms with van der Waals surface area (Å²) in [6, 6.07) is 0. The summed E-state index contributed by atoms with van der Waals surface area (Å²) in [6.07, 6.45) is 6.88. The summed E-state index contributed by atoms with van der Waals surface area (Å²) >= 11 is 17.2. The molecule has 0 saturated heterocycles. The molecular formula is C8H16Cl3P. The van der Waals surface area contributed by atoms with Gasteiger partial charge in [-0.1, -0.05) is 11.2 Å². The summed E-state index contributed by atoms with van der Waals surface area (Å²) in [5.74, 6) is 1.53. The Labute approximate surface area is 91.5 Å². The van der Waals surface area contributed by atoms with E-state index in [4.69, 9.17) is 34.4 Å². The van der Waals surface area contributed by atoms with Crippen LogP contribution < -0.4 is 0 Å². The number of hydrogen-bond donors (Lipinski definition) is 0. The van der Waals surface area contributed by atoms with E-state index in [1.165, 1.54) is 12.8 Å². The van der Waals surface area contributed by atoms with Gasteiger partial charge in [0.15, 0.2) is 0 Å². The van der Waals surface area contributed by atoms with Crippen LogP contribution in [0.3, 0.4) is 0 Å². The van der Waals surface area contributed by atoms with E-state index in [1.807, 2.05) is 0 Å². The first kappa shape index (κ1) is 13.3. The molecule has 0 aliphatic rings. The van der Waals surface area contributed by atoms with Crippen LogP contribution in [-0.2, 0) is 0 Å². The Morgan fingerprint density at radius 3 is 1.50 bits per heavy atom. The third kappa shape index (κ3) is 9.39. The maximum absolute atomic E-state index is 6.13. The van der Waals surface area contributed by atoms with E-state index < -0.39 is 0 Å². The van der Waals surface area contributed by atoms with E-state index in [9.17, 15) is 0 Å². The third-order valence-corrected chi connectivity index (χ3v) is 4.72. The summed E-state index contributed by atoms with van der Waals surface area (Å²) in [5, 5.41) is 0. The zero-order valence-electron chi connectivity index (χ0n) is 7.24. The van der Waals surface area contributed by atoms with Crippen LogP contribution in [0.1, 0.15) is 25.7 Å². The Morgan fingerprint density at radius 2 is 1.17 bits per heavy atom. The molecule has 0 aliphatic carbocycles. The van der Waals surface area contributed by atoms with Gasteiger partial charge in [0.2, 0.25) is 0 Å². The first-order valence-electron chi connectivity index (χ1n) is 4.34. The van der Waals surface area contributed by atoms with Crippen LogP contribution in [0, 0.1) is 0 Å². The highest BCUT2D eigenvalue weighted by Crippen LogP contribution is 2.42. The van der Waals surface area contributed by atoms with Gasteiger partial charge < -0.3 is 0 Å². The van der Waals surface area contributed by atoms with E-state index in [0.29, 0.717) is 0 Å². The molecule has 0 aromatic carbocycles. The summed E-state index contributed by atoms with van der Waals surface area (Å²) in [7, 11) is -0.249. The van der Waals surface area contributed by atoms with Crippen molar-refractivity contribution in [1.29, 1.82) is 0 Å². The van der Waals surface area contributed by atoms with Gasteiger partial charge in [0, 0.05) is 11.8 Å². The zero-order valence-corrected chi connectivity index (χ0v) is 10.4. The monoisotopic (exact) mass is 248 g/mol.